The Bertz CT molecular complexity index is 1870. The van der Waals surface area contributed by atoms with Crippen LogP contribution in [0.4, 0.5) is 44.1 Å². The van der Waals surface area contributed by atoms with E-state index in [-0.39, 0.29) is 57.8 Å². The minimum Gasteiger partial charge on any atom is -0.495 e. The number of benzene rings is 3. The molecule has 0 spiro atoms. The summed E-state index contributed by atoms with van der Waals surface area (Å²) in [5.41, 5.74) is 1.13. The summed E-state index contributed by atoms with van der Waals surface area (Å²) >= 11 is 13.4. The Morgan fingerprint density at radius 2 is 1.69 bits per heavy atom. The third-order valence-corrected chi connectivity index (χ3v) is 7.71. The molecule has 14 nitrogen and oxygen atoms in total. The lowest BCUT2D eigenvalue weighted by atomic mass is 10.1. The number of hydrogen-bond donors (Lipinski definition) is 2. The summed E-state index contributed by atoms with van der Waals surface area (Å²) in [7, 11) is 2.84. The number of amides is 3. The fraction of sp³-hybridized carbons (Fsp3) is 0.250. The van der Waals surface area contributed by atoms with Crippen molar-refractivity contribution in [3.8, 4) is 11.5 Å². The van der Waals surface area contributed by atoms with Crippen LogP contribution in [0.3, 0.4) is 0 Å². The molecule has 0 saturated heterocycles. The molecule has 0 atom stereocenters. The van der Waals surface area contributed by atoms with Crippen LogP contribution < -0.4 is 29.9 Å². The first kappa shape index (κ1) is 34.0. The lowest BCUT2D eigenvalue weighted by molar-refractivity contribution is -0.384. The van der Waals surface area contributed by atoms with Gasteiger partial charge in [-0.05, 0) is 38.5 Å². The van der Waals surface area contributed by atoms with Crippen molar-refractivity contribution in [1.82, 2.24) is 9.97 Å². The molecule has 0 unspecified atom stereocenters. The molecule has 16 heteroatoms. The van der Waals surface area contributed by atoms with E-state index in [0.717, 1.165) is 0 Å². The maximum absolute atomic E-state index is 14.4. The third kappa shape index (κ3) is 7.29. The number of halogens is 2. The highest BCUT2D eigenvalue weighted by atomic mass is 35.5. The molecule has 1 aliphatic heterocycles. The molecule has 1 aliphatic rings. The van der Waals surface area contributed by atoms with Gasteiger partial charge in [-0.3, -0.25) is 25.2 Å². The molecule has 0 radical (unpaired) electrons. The second-order valence-electron chi connectivity index (χ2n) is 11.5. The van der Waals surface area contributed by atoms with E-state index in [1.807, 2.05) is 0 Å². The molecular formula is C32H31Cl2N7O7. The summed E-state index contributed by atoms with van der Waals surface area (Å²) in [6.45, 7) is 5.13. The number of ether oxygens (including phenoxy) is 3. The molecule has 0 saturated carbocycles. The Balaban J connectivity index is 1.56. The van der Waals surface area contributed by atoms with Crippen molar-refractivity contribution in [2.75, 3.05) is 34.7 Å². The lowest BCUT2D eigenvalue weighted by Gasteiger charge is -2.37. The van der Waals surface area contributed by atoms with E-state index >= 15 is 0 Å². The van der Waals surface area contributed by atoms with E-state index in [0.29, 0.717) is 22.5 Å². The van der Waals surface area contributed by atoms with Gasteiger partial charge in [-0.1, -0.05) is 47.5 Å². The Hall–Kier alpha value is -5.34. The van der Waals surface area contributed by atoms with Crippen LogP contribution >= 0.6 is 23.2 Å². The molecule has 0 bridgehead atoms. The molecule has 4 aromatic rings. The topological polar surface area (TPSA) is 161 Å². The van der Waals surface area contributed by atoms with Gasteiger partial charge in [0.25, 0.3) is 5.69 Å². The van der Waals surface area contributed by atoms with E-state index in [1.54, 1.807) is 51.1 Å². The number of nitro benzene ring substituents is 1. The highest BCUT2D eigenvalue weighted by Gasteiger charge is 2.37. The van der Waals surface area contributed by atoms with Gasteiger partial charge in [0.05, 0.1) is 49.3 Å². The number of urea groups is 1. The molecule has 2 N–H and O–H groups in total. The summed E-state index contributed by atoms with van der Waals surface area (Å²) in [5, 5.41) is 17.5. The number of non-ortho nitro benzene ring substituents is 1. The van der Waals surface area contributed by atoms with E-state index < -0.39 is 22.6 Å². The van der Waals surface area contributed by atoms with Gasteiger partial charge in [0, 0.05) is 30.0 Å². The number of para-hydroxylation sites is 2. The standard InChI is InChI=1S/C32H31Cl2N7O7/c1-32(2,3)48-30(42)37-22-12-7-6-11-21(22)36-29-35-15-19-17-39(27-25(33)23(46-4)14-24(47-5)26(27)34)31(43)40(28(19)38-29)16-18-9-8-10-20(13-18)41(44)45/h6-15H,16-17H2,1-5H3,(H,37,42)(H,35,36,38). The molecule has 250 valence electrons. The maximum Gasteiger partial charge on any atom is 0.412 e. The second-order valence-corrected chi connectivity index (χ2v) is 12.2. The monoisotopic (exact) mass is 695 g/mol. The minimum atomic E-state index is -0.707. The van der Waals surface area contributed by atoms with Gasteiger partial charge < -0.3 is 19.5 Å². The van der Waals surface area contributed by atoms with E-state index in [1.165, 1.54) is 54.5 Å². The van der Waals surface area contributed by atoms with Crippen LogP contribution in [0.2, 0.25) is 10.0 Å². The normalized spacial score (nSPS) is 12.7. The Kier molecular flexibility index (Phi) is 9.77. The summed E-state index contributed by atoms with van der Waals surface area (Å²) in [4.78, 5) is 49.7. The van der Waals surface area contributed by atoms with Crippen molar-refractivity contribution < 1.29 is 28.7 Å². The highest BCUT2D eigenvalue weighted by Crippen LogP contribution is 2.48. The maximum atomic E-state index is 14.4. The number of rotatable bonds is 9. The highest BCUT2D eigenvalue weighted by molar-refractivity contribution is 6.42. The first-order valence-electron chi connectivity index (χ1n) is 14.4. The first-order valence-corrected chi connectivity index (χ1v) is 15.2. The number of carbonyl (C=O) groups excluding carboxylic acids is 2. The van der Waals surface area contributed by atoms with Gasteiger partial charge >= 0.3 is 12.1 Å². The third-order valence-electron chi connectivity index (χ3n) is 6.98. The molecule has 3 amide bonds. The molecular weight excluding hydrogens is 665 g/mol. The van der Waals surface area contributed by atoms with Crippen LogP contribution in [-0.2, 0) is 17.8 Å². The predicted octanol–water partition coefficient (Wildman–Crippen LogP) is 7.95. The number of hydrogen-bond acceptors (Lipinski definition) is 10. The number of fused-ring (bicyclic) bond motifs is 1. The van der Waals surface area contributed by atoms with Crippen molar-refractivity contribution >= 4 is 69.8 Å². The summed E-state index contributed by atoms with van der Waals surface area (Å²) in [6, 6.07) is 13.7. The van der Waals surface area contributed by atoms with Crippen LogP contribution in [0.1, 0.15) is 31.9 Å². The fourth-order valence-corrected chi connectivity index (χ4v) is 5.60. The number of nitrogens with zero attached hydrogens (tertiary/aromatic N) is 5. The van der Waals surface area contributed by atoms with Gasteiger partial charge in [0.1, 0.15) is 33.0 Å². The number of aromatic nitrogens is 2. The summed E-state index contributed by atoms with van der Waals surface area (Å²) < 4.78 is 16.2. The van der Waals surface area contributed by atoms with Gasteiger partial charge in [0.15, 0.2) is 0 Å². The quantitative estimate of drug-likeness (QED) is 0.130. The number of nitro groups is 1. The molecule has 48 heavy (non-hydrogen) atoms. The van der Waals surface area contributed by atoms with Gasteiger partial charge in [-0.25, -0.2) is 14.6 Å². The van der Waals surface area contributed by atoms with Crippen LogP contribution in [0.15, 0.2) is 60.8 Å². The van der Waals surface area contributed by atoms with Crippen molar-refractivity contribution in [3.63, 3.8) is 0 Å². The van der Waals surface area contributed by atoms with Crippen LogP contribution in [0, 0.1) is 10.1 Å². The minimum absolute atomic E-state index is 0.0353. The number of nitrogens with one attached hydrogen (secondary N) is 2. The smallest absolute Gasteiger partial charge is 0.412 e. The van der Waals surface area contributed by atoms with Crippen molar-refractivity contribution in [3.05, 3.63) is 92.1 Å². The summed E-state index contributed by atoms with van der Waals surface area (Å²) in [6.07, 6.45) is 0.886. The van der Waals surface area contributed by atoms with Crippen molar-refractivity contribution in [2.24, 2.45) is 0 Å². The number of carbonyl (C=O) groups is 2. The SMILES string of the molecule is COc1cc(OC)c(Cl)c(N2Cc3cnc(Nc4ccccc4NC(=O)OC(C)(C)C)nc3N(Cc3cccc([N+](=O)[O-])c3)C2=O)c1Cl. The first-order chi connectivity index (χ1) is 22.8. The Morgan fingerprint density at radius 1 is 1.02 bits per heavy atom. The van der Waals surface area contributed by atoms with Crippen LogP contribution in [0.25, 0.3) is 0 Å². The van der Waals surface area contributed by atoms with Gasteiger partial charge in [-0.2, -0.15) is 4.98 Å². The Labute approximate surface area is 285 Å². The number of anilines is 5. The van der Waals surface area contributed by atoms with E-state index in [4.69, 9.17) is 37.4 Å². The average molecular weight is 697 g/mol. The molecule has 1 aromatic heterocycles. The van der Waals surface area contributed by atoms with Crippen LogP contribution in [0.5, 0.6) is 11.5 Å². The number of methoxy groups -OCH3 is 2. The zero-order valence-corrected chi connectivity index (χ0v) is 28.0. The zero-order chi connectivity index (χ0) is 34.7. The molecule has 0 aliphatic carbocycles. The van der Waals surface area contributed by atoms with E-state index in [9.17, 15) is 19.7 Å². The van der Waals surface area contributed by atoms with Crippen molar-refractivity contribution in [2.45, 2.75) is 39.5 Å². The molecule has 5 rings (SSSR count). The molecule has 0 fully saturated rings. The summed E-state index contributed by atoms with van der Waals surface area (Å²) in [5.74, 6) is 0.800. The van der Waals surface area contributed by atoms with Crippen molar-refractivity contribution in [1.29, 1.82) is 0 Å². The Morgan fingerprint density at radius 3 is 2.31 bits per heavy atom. The molecule has 2 heterocycles. The van der Waals surface area contributed by atoms with Gasteiger partial charge in [-0.15, -0.1) is 0 Å². The lowest BCUT2D eigenvalue weighted by Crippen LogP contribution is -2.48. The van der Waals surface area contributed by atoms with E-state index in [2.05, 4.69) is 20.6 Å². The zero-order valence-electron chi connectivity index (χ0n) is 26.5. The average Bonchev–Trinajstić information content (AvgIpc) is 3.03. The van der Waals surface area contributed by atoms with Crippen LogP contribution in [-0.4, -0.2) is 46.8 Å². The molecule has 3 aromatic carbocycles. The largest absolute Gasteiger partial charge is 0.495 e. The second kappa shape index (κ2) is 13.8. The predicted molar refractivity (Wildman–Crippen MR) is 182 cm³/mol. The van der Waals surface area contributed by atoms with Gasteiger partial charge in [0.2, 0.25) is 5.95 Å². The fourth-order valence-electron chi connectivity index (χ4n) is 4.89.